The molecular formula is C18H24N2O2S. The fourth-order valence-electron chi connectivity index (χ4n) is 2.53. The number of sulfonamides is 1. The highest BCUT2D eigenvalue weighted by atomic mass is 32.2. The smallest absolute Gasteiger partial charge is 0.282 e. The number of rotatable bonds is 5. The van der Waals surface area contributed by atoms with Crippen molar-refractivity contribution in [3.8, 4) is 0 Å². The van der Waals surface area contributed by atoms with Crippen molar-refractivity contribution in [3.63, 3.8) is 0 Å². The normalized spacial score (nSPS) is 16.6. The van der Waals surface area contributed by atoms with Gasteiger partial charge in [0.1, 0.15) is 0 Å². The van der Waals surface area contributed by atoms with Gasteiger partial charge in [-0.1, -0.05) is 23.8 Å². The molecule has 0 aliphatic carbocycles. The van der Waals surface area contributed by atoms with Crippen molar-refractivity contribution in [1.29, 1.82) is 0 Å². The average molecular weight is 332 g/mol. The van der Waals surface area contributed by atoms with Gasteiger partial charge in [0.2, 0.25) is 0 Å². The van der Waals surface area contributed by atoms with Crippen LogP contribution in [-0.2, 0) is 10.0 Å². The van der Waals surface area contributed by atoms with Crippen LogP contribution in [0.15, 0.2) is 63.0 Å². The van der Waals surface area contributed by atoms with E-state index in [4.69, 9.17) is 0 Å². The number of hydrogen-bond acceptors (Lipinski definition) is 3. The molecule has 2 rings (SSSR count). The van der Waals surface area contributed by atoms with Crippen LogP contribution in [0.1, 0.15) is 33.1 Å². The SMILES string of the molecule is CC(C)=C/C(=C\C=N\S(=O)(=O)c1ccccc1)N1CCCCC1. The molecule has 0 aromatic heterocycles. The Labute approximate surface area is 139 Å². The Bertz CT molecular complexity index is 694. The first-order valence-corrected chi connectivity index (χ1v) is 9.38. The van der Waals surface area contributed by atoms with Gasteiger partial charge in [-0.2, -0.15) is 12.8 Å². The molecule has 23 heavy (non-hydrogen) atoms. The van der Waals surface area contributed by atoms with Gasteiger partial charge in [-0.3, -0.25) is 0 Å². The molecule has 0 unspecified atom stereocenters. The summed E-state index contributed by atoms with van der Waals surface area (Å²) in [6.07, 6.45) is 8.87. The summed E-state index contributed by atoms with van der Waals surface area (Å²) in [6, 6.07) is 8.28. The van der Waals surface area contributed by atoms with Gasteiger partial charge in [0.05, 0.1) is 4.90 Å². The van der Waals surface area contributed by atoms with E-state index in [0.29, 0.717) is 0 Å². The maximum atomic E-state index is 12.2. The summed E-state index contributed by atoms with van der Waals surface area (Å²) in [5.41, 5.74) is 2.21. The van der Waals surface area contributed by atoms with Crippen molar-refractivity contribution >= 4 is 16.2 Å². The zero-order chi connectivity index (χ0) is 16.7. The van der Waals surface area contributed by atoms with E-state index < -0.39 is 10.0 Å². The Morgan fingerprint density at radius 3 is 2.35 bits per heavy atom. The summed E-state index contributed by atoms with van der Waals surface area (Å²) in [5.74, 6) is 0. The van der Waals surface area contributed by atoms with E-state index in [1.807, 2.05) is 13.8 Å². The lowest BCUT2D eigenvalue weighted by molar-refractivity contribution is 0.293. The lowest BCUT2D eigenvalue weighted by atomic mass is 10.1. The monoisotopic (exact) mass is 332 g/mol. The van der Waals surface area contributed by atoms with Crippen LogP contribution in [0.25, 0.3) is 0 Å². The molecule has 0 N–H and O–H groups in total. The largest absolute Gasteiger partial charge is 0.371 e. The molecule has 4 nitrogen and oxygen atoms in total. The second kappa shape index (κ2) is 8.11. The van der Waals surface area contributed by atoms with E-state index in [9.17, 15) is 8.42 Å². The Balaban J connectivity index is 2.20. The molecule has 0 spiro atoms. The summed E-state index contributed by atoms with van der Waals surface area (Å²) in [7, 11) is -3.63. The lowest BCUT2D eigenvalue weighted by Gasteiger charge is -2.29. The molecule has 0 saturated carbocycles. The van der Waals surface area contributed by atoms with Crippen molar-refractivity contribution in [2.45, 2.75) is 38.0 Å². The van der Waals surface area contributed by atoms with Crippen LogP contribution in [0, 0.1) is 0 Å². The number of hydrogen-bond donors (Lipinski definition) is 0. The minimum absolute atomic E-state index is 0.214. The van der Waals surface area contributed by atoms with Crippen LogP contribution in [0.5, 0.6) is 0 Å². The predicted octanol–water partition coefficient (Wildman–Crippen LogP) is 3.78. The molecule has 1 aliphatic heterocycles. The third-order valence-corrected chi connectivity index (χ3v) is 4.91. The molecule has 1 aromatic rings. The Morgan fingerprint density at radius 1 is 1.09 bits per heavy atom. The van der Waals surface area contributed by atoms with Crippen LogP contribution >= 0.6 is 0 Å². The predicted molar refractivity (Wildman–Crippen MR) is 95.1 cm³/mol. The van der Waals surface area contributed by atoms with Gasteiger partial charge >= 0.3 is 0 Å². The van der Waals surface area contributed by atoms with Crippen molar-refractivity contribution in [2.75, 3.05) is 13.1 Å². The number of piperidine rings is 1. The van der Waals surface area contributed by atoms with Gasteiger partial charge in [0.15, 0.2) is 0 Å². The minimum Gasteiger partial charge on any atom is -0.371 e. The van der Waals surface area contributed by atoms with E-state index in [0.717, 1.165) is 18.8 Å². The highest BCUT2D eigenvalue weighted by Crippen LogP contribution is 2.17. The number of benzene rings is 1. The summed E-state index contributed by atoms with van der Waals surface area (Å²) in [6.45, 7) is 6.09. The third-order valence-electron chi connectivity index (χ3n) is 3.64. The van der Waals surface area contributed by atoms with Crippen LogP contribution in [0.4, 0.5) is 0 Å². The van der Waals surface area contributed by atoms with Gasteiger partial charge in [0, 0.05) is 25.0 Å². The molecule has 0 amide bonds. The van der Waals surface area contributed by atoms with E-state index in [1.54, 1.807) is 36.4 Å². The van der Waals surface area contributed by atoms with Gasteiger partial charge in [-0.15, -0.1) is 0 Å². The molecule has 1 aromatic carbocycles. The molecular weight excluding hydrogens is 308 g/mol. The topological polar surface area (TPSA) is 49.7 Å². The van der Waals surface area contributed by atoms with Gasteiger partial charge < -0.3 is 4.90 Å². The number of nitrogens with zero attached hydrogens (tertiary/aromatic N) is 2. The van der Waals surface area contributed by atoms with Gasteiger partial charge in [-0.05, 0) is 57.4 Å². The molecule has 1 aliphatic rings. The minimum atomic E-state index is -3.63. The molecule has 1 saturated heterocycles. The zero-order valence-electron chi connectivity index (χ0n) is 13.8. The van der Waals surface area contributed by atoms with E-state index >= 15 is 0 Å². The zero-order valence-corrected chi connectivity index (χ0v) is 14.6. The fourth-order valence-corrected chi connectivity index (χ4v) is 3.38. The second-order valence-electron chi connectivity index (χ2n) is 5.90. The first-order valence-electron chi connectivity index (χ1n) is 7.94. The van der Waals surface area contributed by atoms with Crippen LogP contribution in [0.2, 0.25) is 0 Å². The van der Waals surface area contributed by atoms with Crippen LogP contribution in [0.3, 0.4) is 0 Å². The fraction of sp³-hybridized carbons (Fsp3) is 0.389. The highest BCUT2D eigenvalue weighted by Gasteiger charge is 2.12. The quantitative estimate of drug-likeness (QED) is 0.609. The number of likely N-dealkylation sites (tertiary alicyclic amines) is 1. The molecule has 1 heterocycles. The molecule has 5 heteroatoms. The Hall–Kier alpha value is -1.88. The standard InChI is InChI=1S/C18H24N2O2S/c1-16(2)15-17(20-13-7-4-8-14-20)11-12-19-23(21,22)18-9-5-3-6-10-18/h3,5-6,9-12,15H,4,7-8,13-14H2,1-2H3/b17-11+,19-12+. The van der Waals surface area contributed by atoms with E-state index in [-0.39, 0.29) is 4.90 Å². The molecule has 0 atom stereocenters. The van der Waals surface area contributed by atoms with Crippen molar-refractivity contribution in [2.24, 2.45) is 4.40 Å². The maximum absolute atomic E-state index is 12.2. The third kappa shape index (κ3) is 5.36. The highest BCUT2D eigenvalue weighted by molar-refractivity contribution is 7.90. The second-order valence-corrected chi connectivity index (χ2v) is 7.54. The molecule has 0 bridgehead atoms. The summed E-state index contributed by atoms with van der Waals surface area (Å²) in [5, 5.41) is 0. The lowest BCUT2D eigenvalue weighted by Crippen LogP contribution is -2.28. The van der Waals surface area contributed by atoms with Crippen LogP contribution in [-0.4, -0.2) is 32.6 Å². The van der Waals surface area contributed by atoms with Crippen molar-refractivity contribution in [1.82, 2.24) is 4.90 Å². The summed E-state index contributed by atoms with van der Waals surface area (Å²) in [4.78, 5) is 2.50. The Morgan fingerprint density at radius 2 is 1.74 bits per heavy atom. The van der Waals surface area contributed by atoms with Gasteiger partial charge in [0.25, 0.3) is 10.0 Å². The Kier molecular flexibility index (Phi) is 6.16. The molecule has 1 fully saturated rings. The summed E-state index contributed by atoms with van der Waals surface area (Å²) >= 11 is 0. The van der Waals surface area contributed by atoms with Crippen molar-refractivity contribution in [3.05, 3.63) is 53.8 Å². The van der Waals surface area contributed by atoms with E-state index in [1.165, 1.54) is 31.1 Å². The summed E-state index contributed by atoms with van der Waals surface area (Å²) < 4.78 is 28.1. The molecule has 0 radical (unpaired) electrons. The van der Waals surface area contributed by atoms with Crippen LogP contribution < -0.4 is 0 Å². The van der Waals surface area contributed by atoms with Gasteiger partial charge in [-0.25, -0.2) is 0 Å². The average Bonchev–Trinajstić information content (AvgIpc) is 2.55. The van der Waals surface area contributed by atoms with Crippen molar-refractivity contribution < 1.29 is 8.42 Å². The first kappa shape index (κ1) is 17.5. The molecule has 124 valence electrons. The van der Waals surface area contributed by atoms with E-state index in [2.05, 4.69) is 15.4 Å². The maximum Gasteiger partial charge on any atom is 0.282 e. The number of allylic oxidation sites excluding steroid dienone is 3. The first-order chi connectivity index (χ1) is 11.0.